The number of nitro groups is 2. The lowest BCUT2D eigenvalue weighted by Gasteiger charge is -2.13. The third kappa shape index (κ3) is 30.5. The van der Waals surface area contributed by atoms with Gasteiger partial charge in [-0.15, -0.1) is 11.6 Å². The van der Waals surface area contributed by atoms with Gasteiger partial charge in [-0.05, 0) is 68.3 Å². The number of methoxy groups -OCH3 is 8. The van der Waals surface area contributed by atoms with Crippen molar-refractivity contribution in [3.8, 4) is 46.0 Å². The summed E-state index contributed by atoms with van der Waals surface area (Å²) >= 11 is 10.9. The monoisotopic (exact) mass is 1200 g/mol. The average Bonchev–Trinajstić information content (AvgIpc) is 3.51. The van der Waals surface area contributed by atoms with Crippen LogP contribution in [0.25, 0.3) is 0 Å². The van der Waals surface area contributed by atoms with Crippen molar-refractivity contribution in [3.63, 3.8) is 0 Å². The molecule has 0 aliphatic carbocycles. The molecule has 4 aromatic carbocycles. The SMILES string of the molecule is CNc1cc(C)nc(Cl)n1.CNc1cc(C)nc(Nc2ccc(OC)c(OCCCOC)c2)n1.COCCCCl.COCCCOc1cc([N+](=O)[O-])ccc1OC.COCCOc1cc(N)ccc1OC.COc1ccc([N+](=O)[O-])cc1O. The van der Waals surface area contributed by atoms with E-state index in [1.165, 1.54) is 44.6 Å². The van der Waals surface area contributed by atoms with Crippen LogP contribution in [0.1, 0.15) is 30.7 Å². The van der Waals surface area contributed by atoms with E-state index in [9.17, 15) is 20.2 Å². The zero-order valence-corrected chi connectivity index (χ0v) is 50.5. The van der Waals surface area contributed by atoms with E-state index in [1.807, 2.05) is 51.2 Å². The maximum atomic E-state index is 10.6. The highest BCUT2D eigenvalue weighted by Crippen LogP contribution is 2.33. The molecule has 2 aromatic heterocycles. The Kier molecular flexibility index (Phi) is 38.3. The fraction of sp³-hybridized carbons (Fsp3) is 0.418. The Bertz CT molecular complexity index is 2770. The molecule has 0 fully saturated rings. The molecule has 0 amide bonds. The second-order valence-electron chi connectivity index (χ2n) is 16.3. The van der Waals surface area contributed by atoms with Crippen molar-refractivity contribution >= 4 is 63.5 Å². The normalized spacial score (nSPS) is 9.86. The first-order valence-electron chi connectivity index (χ1n) is 25.3. The van der Waals surface area contributed by atoms with Crippen molar-refractivity contribution in [3.05, 3.63) is 122 Å². The van der Waals surface area contributed by atoms with E-state index in [4.69, 9.17) is 86.1 Å². The average molecular weight is 1210 g/mol. The molecule has 0 saturated heterocycles. The van der Waals surface area contributed by atoms with Gasteiger partial charge in [-0.2, -0.15) is 4.98 Å². The van der Waals surface area contributed by atoms with Gasteiger partial charge in [0.2, 0.25) is 11.2 Å². The molecule has 2 heterocycles. The summed E-state index contributed by atoms with van der Waals surface area (Å²) in [6.45, 7) is 7.81. The van der Waals surface area contributed by atoms with Gasteiger partial charge < -0.3 is 78.9 Å². The Balaban J connectivity index is 0.000000521. The maximum Gasteiger partial charge on any atom is 0.273 e. The van der Waals surface area contributed by atoms with Crippen LogP contribution in [0.2, 0.25) is 5.28 Å². The molecule has 0 spiro atoms. The van der Waals surface area contributed by atoms with Crippen LogP contribution in [0.3, 0.4) is 0 Å². The number of benzene rings is 4. The van der Waals surface area contributed by atoms with Crippen LogP contribution < -0.4 is 54.8 Å². The van der Waals surface area contributed by atoms with Crippen LogP contribution in [0.15, 0.2) is 84.9 Å². The molecule has 6 rings (SSSR count). The van der Waals surface area contributed by atoms with E-state index in [0.29, 0.717) is 98.1 Å². The predicted octanol–water partition coefficient (Wildman–Crippen LogP) is 10.4. The molecule has 28 heteroatoms. The fourth-order valence-electron chi connectivity index (χ4n) is 6.10. The number of phenols is 1. The van der Waals surface area contributed by atoms with Crippen molar-refractivity contribution < 1.29 is 67.1 Å². The molecule has 0 aliphatic rings. The van der Waals surface area contributed by atoms with Crippen molar-refractivity contribution in [1.82, 2.24) is 19.9 Å². The topological polar surface area (TPSA) is 322 Å². The number of non-ortho nitro benzene ring substituents is 2. The number of anilines is 5. The van der Waals surface area contributed by atoms with Gasteiger partial charge in [-0.3, -0.25) is 20.2 Å². The van der Waals surface area contributed by atoms with Crippen LogP contribution >= 0.6 is 23.2 Å². The van der Waals surface area contributed by atoms with Crippen LogP contribution in [-0.2, 0) is 18.9 Å². The Morgan fingerprint density at radius 3 is 1.43 bits per heavy atom. The summed E-state index contributed by atoms with van der Waals surface area (Å²) < 4.78 is 56.3. The predicted molar refractivity (Wildman–Crippen MR) is 321 cm³/mol. The number of ether oxygens (including phenoxy) is 11. The first-order chi connectivity index (χ1) is 39.9. The van der Waals surface area contributed by atoms with Gasteiger partial charge in [-0.1, -0.05) is 0 Å². The van der Waals surface area contributed by atoms with Crippen molar-refractivity contribution in [2.75, 3.05) is 145 Å². The second-order valence-corrected chi connectivity index (χ2v) is 17.0. The third-order valence-corrected chi connectivity index (χ3v) is 10.5. The minimum atomic E-state index is -0.584. The van der Waals surface area contributed by atoms with Gasteiger partial charge in [0, 0.05) is 140 Å². The highest BCUT2D eigenvalue weighted by Gasteiger charge is 2.13. The molecule has 0 radical (unpaired) electrons. The Morgan fingerprint density at radius 2 is 0.964 bits per heavy atom. The minimum absolute atomic E-state index is 0.0208. The lowest BCUT2D eigenvalue weighted by atomic mass is 10.2. The molecule has 0 atom stereocenters. The van der Waals surface area contributed by atoms with Crippen LogP contribution in [0.4, 0.5) is 40.3 Å². The van der Waals surface area contributed by atoms with Crippen molar-refractivity contribution in [2.45, 2.75) is 33.1 Å². The number of halogens is 2. The lowest BCUT2D eigenvalue weighted by Crippen LogP contribution is -2.05. The number of hydrogen-bond donors (Lipinski definition) is 5. The van der Waals surface area contributed by atoms with Gasteiger partial charge >= 0.3 is 0 Å². The first kappa shape index (κ1) is 72.9. The standard InChI is InChI=1S/C17H24N4O3.C11H15NO5.C10H15NO3.C7H7NO4.C6H8ClN3.C4H9ClO/c1-12-10-16(18-2)21-17(19-12)20-13-6-7-14(23-4)15(11-13)24-9-5-8-22-3;1-15-6-3-7-17-11-8-9(12(13)14)4-5-10(11)16-2;1-12-5-6-14-10-7-8(11)3-4-9(10)13-2;1-12-7-3-2-5(8(10)11)4-6(7)9;1-4-3-5(8-2)10-6(7)9-4;1-6-4-2-3-5/h6-7,10-11H,5,8-9H2,1-4H3,(H2,18,19,20,21);4-5,8H,3,6-7H2,1-2H3;3-4,7H,5-6,11H2,1-2H3;2-4,9H,1H3;3H,1-2H3,(H,8,9,10);2-4H2,1H3. The molecule has 6 N–H and O–H groups in total. The number of nitrogen functional groups attached to an aromatic ring is 1. The van der Waals surface area contributed by atoms with Crippen LogP contribution in [-0.4, -0.2) is 158 Å². The number of hydrogen-bond acceptors (Lipinski definition) is 24. The molecule has 0 unspecified atom stereocenters. The summed E-state index contributed by atoms with van der Waals surface area (Å²) in [5, 5.41) is 39.3. The molecule has 0 saturated carbocycles. The van der Waals surface area contributed by atoms with Gasteiger partial charge in [0.1, 0.15) is 18.2 Å². The summed E-state index contributed by atoms with van der Waals surface area (Å²) in [5.41, 5.74) is 8.66. The van der Waals surface area contributed by atoms with Crippen molar-refractivity contribution in [2.24, 2.45) is 0 Å². The molecular formula is C55H78Cl2N10O16. The fourth-order valence-corrected chi connectivity index (χ4v) is 6.44. The Hall–Kier alpha value is -8.14. The zero-order chi connectivity index (χ0) is 62.0. The highest BCUT2D eigenvalue weighted by molar-refractivity contribution is 6.28. The number of rotatable bonds is 27. The molecule has 458 valence electrons. The maximum absolute atomic E-state index is 10.6. The van der Waals surface area contributed by atoms with E-state index in [-0.39, 0.29) is 28.2 Å². The van der Waals surface area contributed by atoms with Gasteiger partial charge in [-0.25, -0.2) is 15.0 Å². The highest BCUT2D eigenvalue weighted by atomic mass is 35.5. The largest absolute Gasteiger partial charge is 0.504 e. The summed E-state index contributed by atoms with van der Waals surface area (Å²) in [4.78, 5) is 36.3. The number of alkyl halides is 1. The van der Waals surface area contributed by atoms with E-state index in [1.54, 1.807) is 67.9 Å². The number of phenolic OH excluding ortho intramolecular Hbond substituents is 1. The minimum Gasteiger partial charge on any atom is -0.504 e. The lowest BCUT2D eigenvalue weighted by molar-refractivity contribution is -0.385. The summed E-state index contributed by atoms with van der Waals surface area (Å²) in [6, 6.07) is 22.5. The third-order valence-electron chi connectivity index (χ3n) is 10.1. The molecule has 0 bridgehead atoms. The first-order valence-corrected chi connectivity index (χ1v) is 26.2. The summed E-state index contributed by atoms with van der Waals surface area (Å²) in [7, 11) is 16.3. The second kappa shape index (κ2) is 43.6. The van der Waals surface area contributed by atoms with E-state index < -0.39 is 9.85 Å². The zero-order valence-electron chi connectivity index (χ0n) is 48.9. The molecule has 83 heavy (non-hydrogen) atoms. The van der Waals surface area contributed by atoms with E-state index in [0.717, 1.165) is 54.2 Å². The van der Waals surface area contributed by atoms with Gasteiger partial charge in [0.15, 0.2) is 46.0 Å². The number of aromatic hydroxyl groups is 1. The van der Waals surface area contributed by atoms with Gasteiger partial charge in [0.25, 0.3) is 11.4 Å². The van der Waals surface area contributed by atoms with E-state index in [2.05, 4.69) is 35.9 Å². The summed E-state index contributed by atoms with van der Waals surface area (Å²) in [5.74, 6) is 6.24. The number of nitro benzene ring substituents is 2. The number of nitrogens with zero attached hydrogens (tertiary/aromatic N) is 6. The number of nitrogens with one attached hydrogen (secondary N) is 3. The van der Waals surface area contributed by atoms with Crippen LogP contribution in [0, 0.1) is 34.1 Å². The quantitative estimate of drug-likeness (QED) is 0.00799. The molecule has 26 nitrogen and oxygen atoms in total. The number of nitrogens with two attached hydrogens (primary N) is 1. The van der Waals surface area contributed by atoms with Crippen molar-refractivity contribution in [1.29, 1.82) is 0 Å². The number of aryl methyl sites for hydroxylation is 2. The molecular weight excluding hydrogens is 1130 g/mol. The Morgan fingerprint density at radius 1 is 0.518 bits per heavy atom. The summed E-state index contributed by atoms with van der Waals surface area (Å²) in [6.07, 6.45) is 2.48. The van der Waals surface area contributed by atoms with E-state index >= 15 is 0 Å². The number of aromatic nitrogens is 4. The van der Waals surface area contributed by atoms with Crippen LogP contribution in [0.5, 0.6) is 46.0 Å². The molecule has 0 aliphatic heterocycles. The van der Waals surface area contributed by atoms with Gasteiger partial charge in [0.05, 0.1) is 70.2 Å². The molecule has 6 aromatic rings. The Labute approximate surface area is 494 Å². The smallest absolute Gasteiger partial charge is 0.273 e.